The molecule has 1 atom stereocenters. The highest BCUT2D eigenvalue weighted by molar-refractivity contribution is 6.02. The van der Waals surface area contributed by atoms with Crippen LogP contribution in [0.4, 0.5) is 11.4 Å². The summed E-state index contributed by atoms with van der Waals surface area (Å²) in [6.45, 7) is 4.70. The maximum Gasteiger partial charge on any atom is 0.259 e. The lowest BCUT2D eigenvalue weighted by atomic mass is 9.91. The fourth-order valence-electron chi connectivity index (χ4n) is 4.53. The molecule has 7 nitrogen and oxygen atoms in total. The Labute approximate surface area is 195 Å². The summed E-state index contributed by atoms with van der Waals surface area (Å²) < 4.78 is 6.45. The van der Waals surface area contributed by atoms with Crippen LogP contribution in [0.25, 0.3) is 0 Å². The molecule has 2 aromatic carbocycles. The van der Waals surface area contributed by atoms with Gasteiger partial charge < -0.3 is 25.2 Å². The average molecular weight is 451 g/mol. The molecule has 176 valence electrons. The first-order chi connectivity index (χ1) is 15.8. The van der Waals surface area contributed by atoms with Crippen LogP contribution in [-0.2, 0) is 20.7 Å². The van der Waals surface area contributed by atoms with Crippen molar-refractivity contribution in [1.82, 2.24) is 5.06 Å². The number of anilines is 2. The van der Waals surface area contributed by atoms with Gasteiger partial charge in [0.25, 0.3) is 5.91 Å². The first-order valence-electron chi connectivity index (χ1n) is 11.7. The minimum Gasteiger partial charge on any atom is -0.785 e. The summed E-state index contributed by atoms with van der Waals surface area (Å²) in [4.78, 5) is 26.2. The zero-order chi connectivity index (χ0) is 23.5. The Hall–Kier alpha value is -2.74. The van der Waals surface area contributed by atoms with E-state index in [9.17, 15) is 14.8 Å². The lowest BCUT2D eigenvalue weighted by Crippen LogP contribution is -2.60. The van der Waals surface area contributed by atoms with Crippen molar-refractivity contribution in [3.63, 3.8) is 0 Å². The zero-order valence-electron chi connectivity index (χ0n) is 19.4. The first kappa shape index (κ1) is 23.4. The molecule has 33 heavy (non-hydrogen) atoms. The van der Waals surface area contributed by atoms with Gasteiger partial charge in [-0.25, -0.2) is 0 Å². The Morgan fingerprint density at radius 3 is 2.58 bits per heavy atom. The second kappa shape index (κ2) is 9.63. The van der Waals surface area contributed by atoms with Crippen LogP contribution in [0.15, 0.2) is 54.6 Å². The molecule has 1 heterocycles. The number of para-hydroxylation sites is 1. The van der Waals surface area contributed by atoms with Gasteiger partial charge in [0, 0.05) is 18.3 Å². The molecule has 1 unspecified atom stereocenters. The van der Waals surface area contributed by atoms with Gasteiger partial charge in [-0.15, -0.1) is 0 Å². The van der Waals surface area contributed by atoms with E-state index in [0.29, 0.717) is 32.5 Å². The Bertz CT molecular complexity index is 992. The lowest BCUT2D eigenvalue weighted by Gasteiger charge is -2.47. The van der Waals surface area contributed by atoms with E-state index in [2.05, 4.69) is 12.2 Å². The molecule has 2 amide bonds. The minimum atomic E-state index is -0.720. The fraction of sp³-hybridized carbons (Fsp3) is 0.462. The topological polar surface area (TPSA) is 84.9 Å². The number of carbonyl (C=O) groups excluding carboxylic acids is 2. The third-order valence-corrected chi connectivity index (χ3v) is 6.62. The van der Waals surface area contributed by atoms with Gasteiger partial charge in [0.05, 0.1) is 12.1 Å². The first-order valence-corrected chi connectivity index (χ1v) is 11.7. The molecule has 1 aliphatic carbocycles. The average Bonchev–Trinajstić information content (AvgIpc) is 3.59. The van der Waals surface area contributed by atoms with Crippen LogP contribution in [0.5, 0.6) is 0 Å². The highest BCUT2D eigenvalue weighted by Crippen LogP contribution is 2.50. The summed E-state index contributed by atoms with van der Waals surface area (Å²) in [5, 5.41) is 16.5. The zero-order valence-corrected chi connectivity index (χ0v) is 19.4. The lowest BCUT2D eigenvalue weighted by molar-refractivity contribution is -0.165. The SMILES string of the molecule is CCC1(CCN([O-])CCc2cccc(NC(C)=O)c2)CN(c2ccccc2)C(=O)C2(CC2)O1. The number of amides is 2. The number of hydrogen-bond acceptors (Lipinski definition) is 5. The third-order valence-electron chi connectivity index (χ3n) is 6.62. The predicted octanol–water partition coefficient (Wildman–Crippen LogP) is 4.12. The summed E-state index contributed by atoms with van der Waals surface area (Å²) in [5.74, 6) is -0.0813. The largest absolute Gasteiger partial charge is 0.785 e. The Morgan fingerprint density at radius 2 is 1.91 bits per heavy atom. The van der Waals surface area contributed by atoms with Crippen molar-refractivity contribution in [1.29, 1.82) is 0 Å². The molecule has 7 heteroatoms. The van der Waals surface area contributed by atoms with Crippen LogP contribution >= 0.6 is 0 Å². The van der Waals surface area contributed by atoms with Crippen molar-refractivity contribution in [2.75, 3.05) is 29.9 Å². The van der Waals surface area contributed by atoms with Gasteiger partial charge in [-0.3, -0.25) is 9.59 Å². The molecule has 2 aliphatic rings. The summed E-state index contributed by atoms with van der Waals surface area (Å²) in [7, 11) is 0. The molecule has 0 aromatic heterocycles. The number of hydroxylamine groups is 2. The van der Waals surface area contributed by atoms with Crippen molar-refractivity contribution >= 4 is 23.2 Å². The normalized spacial score (nSPS) is 21.5. The van der Waals surface area contributed by atoms with Gasteiger partial charge >= 0.3 is 0 Å². The number of benzene rings is 2. The minimum absolute atomic E-state index is 0.0378. The predicted molar refractivity (Wildman–Crippen MR) is 129 cm³/mol. The molecule has 2 aromatic rings. The smallest absolute Gasteiger partial charge is 0.259 e. The standard InChI is InChI=1S/C26H32N3O4/c1-3-25(15-17-28(32)16-12-21-8-7-9-22(18-21)27-20(2)30)19-29(23-10-5-4-6-11-23)24(31)26(33-25)13-14-26/h4-11,18H,3,12-17,19H2,1-2H3,(H,27,30)/q-1. The number of morpholine rings is 1. The molecule has 0 radical (unpaired) electrons. The summed E-state index contributed by atoms with van der Waals surface area (Å²) in [5.41, 5.74) is 1.36. The Balaban J connectivity index is 1.38. The molecular formula is C26H32N3O4-. The van der Waals surface area contributed by atoms with Crippen molar-refractivity contribution in [2.24, 2.45) is 0 Å². The van der Waals surface area contributed by atoms with Crippen LogP contribution in [0.1, 0.15) is 45.1 Å². The molecule has 2 fully saturated rings. The number of hydrogen-bond donors (Lipinski definition) is 1. The van der Waals surface area contributed by atoms with Crippen LogP contribution in [0.2, 0.25) is 0 Å². The van der Waals surface area contributed by atoms with E-state index in [4.69, 9.17) is 4.74 Å². The second-order valence-corrected chi connectivity index (χ2v) is 9.17. The van der Waals surface area contributed by atoms with Gasteiger partial charge in [-0.05, 0) is 75.0 Å². The van der Waals surface area contributed by atoms with E-state index in [1.807, 2.05) is 59.5 Å². The number of nitrogens with zero attached hydrogens (tertiary/aromatic N) is 2. The summed E-state index contributed by atoms with van der Waals surface area (Å²) in [6, 6.07) is 17.3. The van der Waals surface area contributed by atoms with Gasteiger partial charge in [-0.2, -0.15) is 0 Å². The van der Waals surface area contributed by atoms with E-state index in [-0.39, 0.29) is 11.8 Å². The van der Waals surface area contributed by atoms with Gasteiger partial charge in [0.15, 0.2) is 0 Å². The van der Waals surface area contributed by atoms with Crippen LogP contribution in [0.3, 0.4) is 0 Å². The third kappa shape index (κ3) is 5.43. The van der Waals surface area contributed by atoms with E-state index >= 15 is 0 Å². The molecule has 4 rings (SSSR count). The van der Waals surface area contributed by atoms with Crippen molar-refractivity contribution < 1.29 is 14.3 Å². The number of nitrogens with one attached hydrogen (secondary N) is 1. The molecular weight excluding hydrogens is 418 g/mol. The molecule has 1 spiro atoms. The van der Waals surface area contributed by atoms with E-state index < -0.39 is 11.2 Å². The van der Waals surface area contributed by atoms with Crippen molar-refractivity contribution in [3.8, 4) is 0 Å². The Kier molecular flexibility index (Phi) is 6.83. The molecule has 1 saturated heterocycles. The maximum atomic E-state index is 13.1. The molecule has 1 saturated carbocycles. The van der Waals surface area contributed by atoms with E-state index in [1.165, 1.54) is 6.92 Å². The van der Waals surface area contributed by atoms with Gasteiger partial charge in [0.1, 0.15) is 5.60 Å². The summed E-state index contributed by atoms with van der Waals surface area (Å²) in [6.07, 6.45) is 3.37. The molecule has 1 N–H and O–H groups in total. The van der Waals surface area contributed by atoms with E-state index in [1.54, 1.807) is 0 Å². The molecule has 0 bridgehead atoms. The number of rotatable bonds is 9. The summed E-state index contributed by atoms with van der Waals surface area (Å²) >= 11 is 0. The van der Waals surface area contributed by atoms with Crippen LogP contribution in [0, 0.1) is 5.21 Å². The van der Waals surface area contributed by atoms with Gasteiger partial charge in [0.2, 0.25) is 5.91 Å². The van der Waals surface area contributed by atoms with Crippen LogP contribution < -0.4 is 10.2 Å². The van der Waals surface area contributed by atoms with Gasteiger partial charge in [-0.1, -0.05) is 37.3 Å². The number of carbonyl (C=O) groups is 2. The highest BCUT2D eigenvalue weighted by atomic mass is 16.5. The van der Waals surface area contributed by atoms with Crippen molar-refractivity contribution in [3.05, 3.63) is 65.4 Å². The van der Waals surface area contributed by atoms with Crippen molar-refractivity contribution in [2.45, 2.75) is 57.2 Å². The highest BCUT2D eigenvalue weighted by Gasteiger charge is 2.61. The Morgan fingerprint density at radius 1 is 1.15 bits per heavy atom. The maximum absolute atomic E-state index is 13.1. The van der Waals surface area contributed by atoms with Crippen LogP contribution in [-0.4, -0.2) is 47.7 Å². The monoisotopic (exact) mass is 450 g/mol. The number of ether oxygens (including phenoxy) is 1. The molecule has 1 aliphatic heterocycles. The quantitative estimate of drug-likeness (QED) is 0.581. The fourth-order valence-corrected chi connectivity index (χ4v) is 4.53. The van der Waals surface area contributed by atoms with E-state index in [0.717, 1.165) is 41.3 Å². The second-order valence-electron chi connectivity index (χ2n) is 9.17.